The van der Waals surface area contributed by atoms with Crippen molar-refractivity contribution in [3.05, 3.63) is 35.9 Å². The van der Waals surface area contributed by atoms with Crippen molar-refractivity contribution in [3.63, 3.8) is 0 Å². The van der Waals surface area contributed by atoms with Gasteiger partial charge in [-0.15, -0.1) is 0 Å². The summed E-state index contributed by atoms with van der Waals surface area (Å²) in [4.78, 5) is 10.0. The molecule has 3 nitrogen and oxygen atoms in total. The molecule has 16 heavy (non-hydrogen) atoms. The average molecular weight is 223 g/mol. The van der Waals surface area contributed by atoms with Crippen molar-refractivity contribution < 1.29 is 9.90 Å². The van der Waals surface area contributed by atoms with Gasteiger partial charge in [-0.3, -0.25) is 4.79 Å². The highest BCUT2D eigenvalue weighted by Gasteiger charge is 2.14. The third-order valence-corrected chi connectivity index (χ3v) is 2.25. The van der Waals surface area contributed by atoms with Crippen LogP contribution in [0.2, 0.25) is 0 Å². The van der Waals surface area contributed by atoms with E-state index in [4.69, 9.17) is 10.8 Å². The summed E-state index contributed by atoms with van der Waals surface area (Å²) in [6.07, 6.45) is 1.14. The largest absolute Gasteiger partial charge is 0.480 e. The van der Waals surface area contributed by atoms with E-state index in [0.29, 0.717) is 0 Å². The van der Waals surface area contributed by atoms with Crippen molar-refractivity contribution in [2.24, 2.45) is 11.7 Å². The van der Waals surface area contributed by atoms with Crippen LogP contribution in [-0.4, -0.2) is 17.1 Å². The highest BCUT2D eigenvalue weighted by molar-refractivity contribution is 5.73. The van der Waals surface area contributed by atoms with E-state index in [9.17, 15) is 4.79 Å². The summed E-state index contributed by atoms with van der Waals surface area (Å²) in [6, 6.07) is 9.74. The van der Waals surface area contributed by atoms with Crippen molar-refractivity contribution in [3.8, 4) is 0 Å². The minimum atomic E-state index is -0.931. The molecule has 0 bridgehead atoms. The van der Waals surface area contributed by atoms with Gasteiger partial charge in [0, 0.05) is 0 Å². The van der Waals surface area contributed by atoms with Gasteiger partial charge in [-0.1, -0.05) is 51.1 Å². The quantitative estimate of drug-likeness (QED) is 0.826. The first kappa shape index (κ1) is 14.6. The number of hydrogen-bond acceptors (Lipinski definition) is 2. The Morgan fingerprint density at radius 2 is 1.81 bits per heavy atom. The lowest BCUT2D eigenvalue weighted by atomic mass is 10.1. The van der Waals surface area contributed by atoms with Gasteiger partial charge in [0.25, 0.3) is 0 Å². The normalized spacial score (nSPS) is 11.6. The van der Waals surface area contributed by atoms with Crippen molar-refractivity contribution in [1.29, 1.82) is 0 Å². The Morgan fingerprint density at radius 3 is 2.00 bits per heavy atom. The van der Waals surface area contributed by atoms with Gasteiger partial charge in [-0.25, -0.2) is 0 Å². The fourth-order valence-electron chi connectivity index (χ4n) is 0.999. The molecule has 0 aliphatic rings. The number of carboxylic acids is 1. The molecule has 3 N–H and O–H groups in total. The van der Waals surface area contributed by atoms with Crippen molar-refractivity contribution in [2.45, 2.75) is 33.2 Å². The van der Waals surface area contributed by atoms with Crippen molar-refractivity contribution >= 4 is 5.97 Å². The SMILES string of the molecule is CC(C)[C@H](N)C(=O)O.CCc1ccccc1. The third-order valence-electron chi connectivity index (χ3n) is 2.25. The molecule has 0 aromatic heterocycles. The zero-order valence-corrected chi connectivity index (χ0v) is 10.2. The second-order valence-corrected chi connectivity index (χ2v) is 3.95. The highest BCUT2D eigenvalue weighted by atomic mass is 16.4. The third kappa shape index (κ3) is 6.19. The Labute approximate surface area is 97.3 Å². The van der Waals surface area contributed by atoms with Crippen LogP contribution in [0.4, 0.5) is 0 Å². The predicted octanol–water partition coefficient (Wildman–Crippen LogP) is 2.30. The molecule has 0 heterocycles. The molecule has 0 radical (unpaired) electrons. The summed E-state index contributed by atoms with van der Waals surface area (Å²) in [5, 5.41) is 8.23. The number of nitrogens with two attached hydrogens (primary N) is 1. The standard InChI is InChI=1S/C8H10.C5H11NO2/c1-2-8-6-4-3-5-7-8;1-3(2)4(6)5(7)8/h3-7H,2H2,1H3;3-4H,6H2,1-2H3,(H,7,8)/t;4-/m.0/s1. The van der Waals surface area contributed by atoms with E-state index in [2.05, 4.69) is 31.2 Å². The number of carbonyl (C=O) groups is 1. The maximum Gasteiger partial charge on any atom is 0.320 e. The van der Waals surface area contributed by atoms with Gasteiger partial charge in [0.2, 0.25) is 0 Å². The molecule has 1 aromatic rings. The number of hydrogen-bond donors (Lipinski definition) is 2. The minimum absolute atomic E-state index is 0.0208. The molecule has 1 aromatic carbocycles. The van der Waals surface area contributed by atoms with E-state index in [1.165, 1.54) is 5.56 Å². The average Bonchev–Trinajstić information content (AvgIpc) is 2.29. The van der Waals surface area contributed by atoms with Crippen LogP contribution in [0.3, 0.4) is 0 Å². The summed E-state index contributed by atoms with van der Waals surface area (Å²) < 4.78 is 0. The molecule has 1 rings (SSSR count). The molecule has 90 valence electrons. The number of rotatable bonds is 3. The molecule has 0 spiro atoms. The summed E-state index contributed by atoms with van der Waals surface area (Å²) in [7, 11) is 0. The summed E-state index contributed by atoms with van der Waals surface area (Å²) in [5.74, 6) is -0.910. The molecule has 0 saturated carbocycles. The van der Waals surface area contributed by atoms with Gasteiger partial charge in [-0.05, 0) is 17.9 Å². The topological polar surface area (TPSA) is 63.3 Å². The molecular formula is C13H21NO2. The maximum absolute atomic E-state index is 10.0. The molecule has 0 aliphatic carbocycles. The first-order valence-electron chi connectivity index (χ1n) is 5.51. The van der Waals surface area contributed by atoms with E-state index < -0.39 is 12.0 Å². The van der Waals surface area contributed by atoms with E-state index in [-0.39, 0.29) is 5.92 Å². The van der Waals surface area contributed by atoms with Crippen LogP contribution in [0, 0.1) is 5.92 Å². The Morgan fingerprint density at radius 1 is 1.31 bits per heavy atom. The molecule has 0 saturated heterocycles. The van der Waals surface area contributed by atoms with Gasteiger partial charge in [0.15, 0.2) is 0 Å². The maximum atomic E-state index is 10.0. The van der Waals surface area contributed by atoms with Crippen molar-refractivity contribution in [1.82, 2.24) is 0 Å². The molecular weight excluding hydrogens is 202 g/mol. The summed E-state index contributed by atoms with van der Waals surface area (Å²) >= 11 is 0. The first-order chi connectivity index (χ1) is 7.49. The lowest BCUT2D eigenvalue weighted by molar-refractivity contribution is -0.139. The molecule has 0 unspecified atom stereocenters. The zero-order chi connectivity index (χ0) is 12.6. The van der Waals surface area contributed by atoms with Crippen LogP contribution in [0.25, 0.3) is 0 Å². The monoisotopic (exact) mass is 223 g/mol. The Bertz CT molecular complexity index is 296. The second kappa shape index (κ2) is 7.88. The van der Waals surface area contributed by atoms with Crippen LogP contribution in [0.15, 0.2) is 30.3 Å². The van der Waals surface area contributed by atoms with Crippen LogP contribution < -0.4 is 5.73 Å². The van der Waals surface area contributed by atoms with E-state index in [0.717, 1.165) is 6.42 Å². The predicted molar refractivity (Wildman–Crippen MR) is 66.3 cm³/mol. The Kier molecular flexibility index (Phi) is 7.21. The smallest absolute Gasteiger partial charge is 0.320 e. The number of benzene rings is 1. The van der Waals surface area contributed by atoms with Crippen LogP contribution >= 0.6 is 0 Å². The number of aliphatic carboxylic acids is 1. The number of aryl methyl sites for hydroxylation is 1. The van der Waals surface area contributed by atoms with E-state index in [1.807, 2.05) is 6.07 Å². The fraction of sp³-hybridized carbons (Fsp3) is 0.462. The molecule has 0 fully saturated rings. The lowest BCUT2D eigenvalue weighted by Crippen LogP contribution is -2.34. The van der Waals surface area contributed by atoms with Gasteiger partial charge < -0.3 is 10.8 Å². The van der Waals surface area contributed by atoms with Gasteiger partial charge in [-0.2, -0.15) is 0 Å². The molecule has 0 amide bonds. The van der Waals surface area contributed by atoms with Gasteiger partial charge in [0.1, 0.15) is 6.04 Å². The Hall–Kier alpha value is -1.35. The molecule has 3 heteroatoms. The molecule has 1 atom stereocenters. The zero-order valence-electron chi connectivity index (χ0n) is 10.2. The number of carboxylic acid groups (broad SMARTS) is 1. The lowest BCUT2D eigenvalue weighted by Gasteiger charge is -2.07. The molecule has 0 aliphatic heterocycles. The van der Waals surface area contributed by atoms with Crippen LogP contribution in [0.5, 0.6) is 0 Å². The highest BCUT2D eigenvalue weighted by Crippen LogP contribution is 1.97. The van der Waals surface area contributed by atoms with Crippen LogP contribution in [-0.2, 0) is 11.2 Å². The fourth-order valence-corrected chi connectivity index (χ4v) is 0.999. The van der Waals surface area contributed by atoms with Gasteiger partial charge in [0.05, 0.1) is 0 Å². The Balaban J connectivity index is 0.000000281. The summed E-state index contributed by atoms with van der Waals surface area (Å²) in [6.45, 7) is 5.72. The summed E-state index contributed by atoms with van der Waals surface area (Å²) in [5.41, 5.74) is 6.57. The minimum Gasteiger partial charge on any atom is -0.480 e. The van der Waals surface area contributed by atoms with E-state index in [1.54, 1.807) is 13.8 Å². The second-order valence-electron chi connectivity index (χ2n) is 3.95. The van der Waals surface area contributed by atoms with Gasteiger partial charge >= 0.3 is 5.97 Å². The van der Waals surface area contributed by atoms with E-state index >= 15 is 0 Å². The first-order valence-corrected chi connectivity index (χ1v) is 5.51. The van der Waals surface area contributed by atoms with Crippen LogP contribution in [0.1, 0.15) is 26.3 Å². The van der Waals surface area contributed by atoms with Crippen molar-refractivity contribution in [2.75, 3.05) is 0 Å².